The molecule has 1 aromatic heterocycles. The third-order valence-electron chi connectivity index (χ3n) is 5.14. The molecule has 0 saturated heterocycles. The predicted molar refractivity (Wildman–Crippen MR) is 117 cm³/mol. The molecule has 5 nitrogen and oxygen atoms in total. The van der Waals surface area contributed by atoms with E-state index in [4.69, 9.17) is 21.1 Å². The van der Waals surface area contributed by atoms with Crippen molar-refractivity contribution in [3.05, 3.63) is 89.1 Å². The molecule has 0 unspecified atom stereocenters. The lowest BCUT2D eigenvalue weighted by atomic mass is 10.1. The van der Waals surface area contributed by atoms with Gasteiger partial charge in [-0.25, -0.2) is 0 Å². The fourth-order valence-corrected chi connectivity index (χ4v) is 3.86. The second kappa shape index (κ2) is 7.76. The van der Waals surface area contributed by atoms with E-state index in [1.54, 1.807) is 12.1 Å². The number of rotatable bonds is 5. The van der Waals surface area contributed by atoms with Crippen LogP contribution in [0.1, 0.15) is 11.1 Å². The van der Waals surface area contributed by atoms with E-state index in [1.165, 1.54) is 0 Å². The maximum absolute atomic E-state index is 12.7. The SMILES string of the molecule is O=C(Cc1cn(Cc2ccc(Cl)cc2)c2ccccc12)Nc1ccc2c(c1)OCO2. The van der Waals surface area contributed by atoms with Crippen LogP contribution in [0.25, 0.3) is 10.9 Å². The zero-order valence-corrected chi connectivity index (χ0v) is 16.9. The Labute approximate surface area is 178 Å². The van der Waals surface area contributed by atoms with Crippen molar-refractivity contribution < 1.29 is 14.3 Å². The van der Waals surface area contributed by atoms with Crippen molar-refractivity contribution in [3.8, 4) is 11.5 Å². The molecule has 1 aliphatic heterocycles. The lowest BCUT2D eigenvalue weighted by Crippen LogP contribution is -2.14. The van der Waals surface area contributed by atoms with Crippen LogP contribution in [-0.4, -0.2) is 17.3 Å². The van der Waals surface area contributed by atoms with Crippen LogP contribution in [-0.2, 0) is 17.8 Å². The number of fused-ring (bicyclic) bond motifs is 2. The van der Waals surface area contributed by atoms with Gasteiger partial charge in [0.2, 0.25) is 12.7 Å². The van der Waals surface area contributed by atoms with Crippen LogP contribution in [0.5, 0.6) is 11.5 Å². The number of nitrogens with zero attached hydrogens (tertiary/aromatic N) is 1. The number of ether oxygens (including phenoxy) is 2. The number of hydrogen-bond acceptors (Lipinski definition) is 3. The quantitative estimate of drug-likeness (QED) is 0.481. The van der Waals surface area contributed by atoms with Gasteiger partial charge in [0.25, 0.3) is 0 Å². The molecule has 1 amide bonds. The zero-order valence-electron chi connectivity index (χ0n) is 16.1. The van der Waals surface area contributed by atoms with Gasteiger partial charge in [0.1, 0.15) is 0 Å². The van der Waals surface area contributed by atoms with E-state index in [1.807, 2.05) is 42.5 Å². The minimum atomic E-state index is -0.0803. The van der Waals surface area contributed by atoms with Gasteiger partial charge in [-0.15, -0.1) is 0 Å². The maximum Gasteiger partial charge on any atom is 0.231 e. The van der Waals surface area contributed by atoms with Crippen molar-refractivity contribution >= 4 is 34.1 Å². The summed E-state index contributed by atoms with van der Waals surface area (Å²) in [6, 6.07) is 21.3. The molecule has 5 rings (SSSR count). The number of benzene rings is 3. The molecule has 0 aliphatic carbocycles. The largest absolute Gasteiger partial charge is 0.454 e. The van der Waals surface area contributed by atoms with Crippen molar-refractivity contribution in [3.63, 3.8) is 0 Å². The van der Waals surface area contributed by atoms with Gasteiger partial charge in [0.05, 0.1) is 6.42 Å². The molecule has 1 aliphatic rings. The molecular formula is C24H19ClN2O3. The molecular weight excluding hydrogens is 400 g/mol. The Kier molecular flexibility index (Phi) is 4.81. The first-order chi connectivity index (χ1) is 14.7. The van der Waals surface area contributed by atoms with Gasteiger partial charge in [-0.3, -0.25) is 4.79 Å². The van der Waals surface area contributed by atoms with Gasteiger partial charge in [0, 0.05) is 40.4 Å². The van der Waals surface area contributed by atoms with E-state index in [0.29, 0.717) is 23.7 Å². The van der Waals surface area contributed by atoms with Crippen molar-refractivity contribution in [1.29, 1.82) is 0 Å². The first-order valence-corrected chi connectivity index (χ1v) is 10.0. The smallest absolute Gasteiger partial charge is 0.231 e. The van der Waals surface area contributed by atoms with Crippen molar-refractivity contribution in [2.45, 2.75) is 13.0 Å². The summed E-state index contributed by atoms with van der Waals surface area (Å²) in [6.45, 7) is 0.918. The first-order valence-electron chi connectivity index (χ1n) is 9.66. The van der Waals surface area contributed by atoms with Crippen LogP contribution in [0.2, 0.25) is 5.02 Å². The van der Waals surface area contributed by atoms with Crippen LogP contribution in [0.15, 0.2) is 72.9 Å². The Bertz CT molecular complexity index is 1230. The van der Waals surface area contributed by atoms with Crippen LogP contribution in [0, 0.1) is 0 Å². The Hall–Kier alpha value is -3.44. The number of aromatic nitrogens is 1. The highest BCUT2D eigenvalue weighted by Crippen LogP contribution is 2.34. The molecule has 4 aromatic rings. The third-order valence-corrected chi connectivity index (χ3v) is 5.40. The summed E-state index contributed by atoms with van der Waals surface area (Å²) in [5, 5.41) is 4.75. The average molecular weight is 419 g/mol. The highest BCUT2D eigenvalue weighted by molar-refractivity contribution is 6.30. The number of anilines is 1. The molecule has 0 bridgehead atoms. The molecule has 2 heterocycles. The van der Waals surface area contributed by atoms with Crippen LogP contribution < -0.4 is 14.8 Å². The van der Waals surface area contributed by atoms with Crippen molar-refractivity contribution in [2.75, 3.05) is 12.1 Å². The number of carbonyl (C=O) groups is 1. The van der Waals surface area contributed by atoms with E-state index in [2.05, 4.69) is 28.2 Å². The average Bonchev–Trinajstić information content (AvgIpc) is 3.34. The van der Waals surface area contributed by atoms with E-state index in [9.17, 15) is 4.79 Å². The molecule has 0 spiro atoms. The summed E-state index contributed by atoms with van der Waals surface area (Å²) in [4.78, 5) is 12.7. The zero-order chi connectivity index (χ0) is 20.5. The molecule has 1 N–H and O–H groups in total. The molecule has 6 heteroatoms. The number of nitrogens with one attached hydrogen (secondary N) is 1. The van der Waals surface area contributed by atoms with E-state index >= 15 is 0 Å². The maximum atomic E-state index is 12.7. The summed E-state index contributed by atoms with van der Waals surface area (Å²) >= 11 is 6.00. The molecule has 0 fully saturated rings. The summed E-state index contributed by atoms with van der Waals surface area (Å²) in [5.41, 5.74) is 3.92. The molecule has 150 valence electrons. The molecule has 0 radical (unpaired) electrons. The fraction of sp³-hybridized carbons (Fsp3) is 0.125. The molecule has 3 aromatic carbocycles. The Morgan fingerprint density at radius 2 is 1.80 bits per heavy atom. The normalized spacial score (nSPS) is 12.3. The topological polar surface area (TPSA) is 52.5 Å². The van der Waals surface area contributed by atoms with Crippen LogP contribution in [0.4, 0.5) is 5.69 Å². The van der Waals surface area contributed by atoms with Gasteiger partial charge in [-0.1, -0.05) is 41.9 Å². The van der Waals surface area contributed by atoms with E-state index in [-0.39, 0.29) is 19.1 Å². The highest BCUT2D eigenvalue weighted by Gasteiger charge is 2.16. The number of amides is 1. The second-order valence-electron chi connectivity index (χ2n) is 7.22. The Morgan fingerprint density at radius 1 is 1.00 bits per heavy atom. The monoisotopic (exact) mass is 418 g/mol. The highest BCUT2D eigenvalue weighted by atomic mass is 35.5. The second-order valence-corrected chi connectivity index (χ2v) is 7.66. The summed E-state index contributed by atoms with van der Waals surface area (Å²) in [7, 11) is 0. The summed E-state index contributed by atoms with van der Waals surface area (Å²) in [6.07, 6.45) is 2.33. The molecule has 0 atom stereocenters. The summed E-state index contributed by atoms with van der Waals surface area (Å²) in [5.74, 6) is 1.26. The molecule has 0 saturated carbocycles. The van der Waals surface area contributed by atoms with Gasteiger partial charge >= 0.3 is 0 Å². The van der Waals surface area contributed by atoms with Crippen molar-refractivity contribution in [1.82, 2.24) is 4.57 Å². The van der Waals surface area contributed by atoms with Gasteiger partial charge < -0.3 is 19.4 Å². The lowest BCUT2D eigenvalue weighted by Gasteiger charge is -2.06. The lowest BCUT2D eigenvalue weighted by molar-refractivity contribution is -0.115. The number of halogens is 1. The van der Waals surface area contributed by atoms with Crippen molar-refractivity contribution in [2.24, 2.45) is 0 Å². The van der Waals surface area contributed by atoms with E-state index < -0.39 is 0 Å². The van der Waals surface area contributed by atoms with Gasteiger partial charge in [-0.2, -0.15) is 0 Å². The van der Waals surface area contributed by atoms with Gasteiger partial charge in [0.15, 0.2) is 11.5 Å². The van der Waals surface area contributed by atoms with Crippen LogP contribution in [0.3, 0.4) is 0 Å². The first kappa shape index (κ1) is 18.6. The summed E-state index contributed by atoms with van der Waals surface area (Å²) < 4.78 is 12.9. The number of para-hydroxylation sites is 1. The fourth-order valence-electron chi connectivity index (χ4n) is 3.73. The Morgan fingerprint density at radius 3 is 2.67 bits per heavy atom. The van der Waals surface area contributed by atoms with E-state index in [0.717, 1.165) is 27.1 Å². The Balaban J connectivity index is 1.37. The number of hydrogen-bond donors (Lipinski definition) is 1. The van der Waals surface area contributed by atoms with Gasteiger partial charge in [-0.05, 0) is 41.5 Å². The van der Waals surface area contributed by atoms with Crippen LogP contribution >= 0.6 is 11.6 Å². The minimum absolute atomic E-state index is 0.0803. The molecule has 30 heavy (non-hydrogen) atoms. The predicted octanol–water partition coefficient (Wildman–Crippen LogP) is 5.25. The standard InChI is InChI=1S/C24H19ClN2O3/c25-18-7-5-16(6-8-18)13-27-14-17(20-3-1-2-4-21(20)27)11-24(28)26-19-9-10-22-23(12-19)30-15-29-22/h1-10,12,14H,11,13,15H2,(H,26,28). The minimum Gasteiger partial charge on any atom is -0.454 e. The number of carbonyl (C=O) groups excluding carboxylic acids is 1. The third kappa shape index (κ3) is 3.72.